The van der Waals surface area contributed by atoms with Crippen molar-refractivity contribution < 1.29 is 38.1 Å². The zero-order valence-electron chi connectivity index (χ0n) is 32.5. The van der Waals surface area contributed by atoms with Crippen LogP contribution in [-0.2, 0) is 23.9 Å². The summed E-state index contributed by atoms with van der Waals surface area (Å²) >= 11 is 1.48. The normalized spacial score (nSPS) is 26.3. The molecule has 0 spiro atoms. The molecule has 14 nitrogen and oxygen atoms in total. The fourth-order valence-corrected chi connectivity index (χ4v) is 8.92. The number of aromatic nitrogens is 2. The molecular formula is C41H52N6O8S. The van der Waals surface area contributed by atoms with Crippen molar-refractivity contribution in [2.75, 3.05) is 26.1 Å². The largest absolute Gasteiger partial charge is 0.497 e. The average molecular weight is 789 g/mol. The Hall–Kier alpha value is -4.92. The van der Waals surface area contributed by atoms with Gasteiger partial charge < -0.3 is 39.8 Å². The summed E-state index contributed by atoms with van der Waals surface area (Å²) in [5.74, 6) is -0.492. The van der Waals surface area contributed by atoms with E-state index in [4.69, 9.17) is 28.9 Å². The number of carbonyl (C=O) groups excluding carboxylic acids is 4. The summed E-state index contributed by atoms with van der Waals surface area (Å²) in [7, 11) is 2.90. The number of rotatable bonds is 9. The van der Waals surface area contributed by atoms with Crippen molar-refractivity contribution in [1.29, 1.82) is 0 Å². The fourth-order valence-electron chi connectivity index (χ4n) is 8.07. The predicted molar refractivity (Wildman–Crippen MR) is 212 cm³/mol. The smallest absolute Gasteiger partial charge is 0.408 e. The third-order valence-corrected chi connectivity index (χ3v) is 11.9. The molecule has 56 heavy (non-hydrogen) atoms. The highest BCUT2D eigenvalue weighted by molar-refractivity contribution is 7.14. The van der Waals surface area contributed by atoms with E-state index in [9.17, 15) is 19.2 Å². The van der Waals surface area contributed by atoms with Gasteiger partial charge in [0.25, 0.3) is 0 Å². The molecule has 3 fully saturated rings. The summed E-state index contributed by atoms with van der Waals surface area (Å²) < 4.78 is 23.1. The van der Waals surface area contributed by atoms with Crippen LogP contribution >= 0.6 is 11.3 Å². The number of thiazole rings is 1. The summed E-state index contributed by atoms with van der Waals surface area (Å²) in [6.45, 7) is 4.16. The van der Waals surface area contributed by atoms with Crippen LogP contribution < -0.4 is 25.4 Å². The number of carbonyl (C=O) groups is 4. The Balaban J connectivity index is 1.21. The van der Waals surface area contributed by atoms with Crippen LogP contribution in [0.25, 0.3) is 22.3 Å². The van der Waals surface area contributed by atoms with E-state index in [1.54, 1.807) is 7.11 Å². The van der Waals surface area contributed by atoms with Gasteiger partial charge >= 0.3 is 12.1 Å². The van der Waals surface area contributed by atoms with Crippen LogP contribution in [0.4, 0.5) is 9.93 Å². The second kappa shape index (κ2) is 17.1. The monoisotopic (exact) mass is 788 g/mol. The second-order valence-corrected chi connectivity index (χ2v) is 16.4. The summed E-state index contributed by atoms with van der Waals surface area (Å²) in [4.78, 5) is 66.5. The lowest BCUT2D eigenvalue weighted by Crippen LogP contribution is -2.56. The molecule has 1 aromatic carbocycles. The molecule has 2 saturated carbocycles. The number of alkyl carbamates (subject to hydrolysis) is 1. The van der Waals surface area contributed by atoms with Gasteiger partial charge in [-0.15, -0.1) is 11.3 Å². The van der Waals surface area contributed by atoms with Gasteiger partial charge in [0.1, 0.15) is 47.0 Å². The molecule has 5 atom stereocenters. The number of pyridine rings is 1. The minimum atomic E-state index is -1.22. The van der Waals surface area contributed by atoms with Gasteiger partial charge in [0, 0.05) is 41.3 Å². The lowest BCUT2D eigenvalue weighted by Gasteiger charge is -2.29. The van der Waals surface area contributed by atoms with Crippen LogP contribution in [0.1, 0.15) is 84.5 Å². The van der Waals surface area contributed by atoms with Crippen molar-refractivity contribution in [3.8, 4) is 22.9 Å². The average Bonchev–Trinajstić information content (AvgIpc) is 3.62. The maximum atomic E-state index is 14.6. The molecule has 15 heteroatoms. The lowest BCUT2D eigenvalue weighted by molar-refractivity contribution is -0.148. The molecule has 300 valence electrons. The first kappa shape index (κ1) is 39.3. The number of hydrogen-bond donors (Lipinski definition) is 3. The topological polar surface area (TPSA) is 170 Å². The molecular weight excluding hydrogens is 737 g/mol. The Morgan fingerprint density at radius 1 is 1.00 bits per heavy atom. The first-order valence-corrected chi connectivity index (χ1v) is 20.7. The number of nitrogens with zero attached hydrogens (tertiary/aromatic N) is 3. The van der Waals surface area contributed by atoms with Gasteiger partial charge in [-0.1, -0.05) is 25.0 Å². The predicted octanol–water partition coefficient (Wildman–Crippen LogP) is 6.14. The lowest BCUT2D eigenvalue weighted by atomic mass is 10.0. The van der Waals surface area contributed by atoms with Gasteiger partial charge in [-0.05, 0) is 77.3 Å². The van der Waals surface area contributed by atoms with Gasteiger partial charge in [-0.25, -0.2) is 19.6 Å². The molecule has 7 rings (SSSR count). The highest BCUT2D eigenvalue weighted by Gasteiger charge is 2.62. The van der Waals surface area contributed by atoms with E-state index >= 15 is 0 Å². The summed E-state index contributed by atoms with van der Waals surface area (Å²) in [6.07, 6.45) is 10.3. The Kier molecular flexibility index (Phi) is 12.0. The quantitative estimate of drug-likeness (QED) is 0.168. The van der Waals surface area contributed by atoms with E-state index in [2.05, 4.69) is 16.0 Å². The molecule has 4 aliphatic rings. The fraction of sp³-hybridized carbons (Fsp3) is 0.561. The Labute approximate surface area is 331 Å². The zero-order valence-corrected chi connectivity index (χ0v) is 33.3. The van der Waals surface area contributed by atoms with Gasteiger partial charge in [0.05, 0.1) is 32.0 Å². The van der Waals surface area contributed by atoms with E-state index < -0.39 is 47.6 Å². The highest BCUT2D eigenvalue weighted by Crippen LogP contribution is 2.46. The molecule has 3 aromatic rings. The Morgan fingerprint density at radius 2 is 1.80 bits per heavy atom. The van der Waals surface area contributed by atoms with E-state index in [1.807, 2.05) is 55.6 Å². The SMILES string of the molecule is COC(=O)[C@@]12C[C@@H]1/C=C\CCCCC[C@H](NC(=O)OC1CCCC1)C(=O)N1C[C@H](Oc3cc(-c4csc(NC(C)C)n4)nc4cc(OC)ccc34)C[C@H]1C(=O)N2. The number of esters is 1. The molecule has 3 N–H and O–H groups in total. The van der Waals surface area contributed by atoms with Crippen molar-refractivity contribution in [2.45, 2.75) is 120 Å². The maximum absolute atomic E-state index is 14.6. The molecule has 4 heterocycles. The number of nitrogens with one attached hydrogen (secondary N) is 3. The number of anilines is 1. The molecule has 2 aromatic heterocycles. The van der Waals surface area contributed by atoms with Crippen molar-refractivity contribution in [2.24, 2.45) is 5.92 Å². The standard InChI is InChI=1S/C41H52N6O8S/c1-24(2)42-39-44-33(23-56-39)32-20-35(29-17-16-27(52-3)18-31(29)43-32)54-28-19-34-36(48)46-41(38(50)53-4)21-25(41)12-8-6-5-7-9-15-30(37(49)47(34)22-28)45-40(51)55-26-13-10-11-14-26/h8,12,16-18,20,23-26,28,30,34H,5-7,9-11,13-15,19,21-22H2,1-4H3,(H,42,44)(H,45,51)(H,46,48)/b12-8-/t25-,28+,30-,34-,41+/m0/s1. The molecule has 0 radical (unpaired) electrons. The number of benzene rings is 1. The minimum Gasteiger partial charge on any atom is -0.497 e. The van der Waals surface area contributed by atoms with E-state index in [0.29, 0.717) is 47.7 Å². The third kappa shape index (κ3) is 8.72. The van der Waals surface area contributed by atoms with Gasteiger partial charge in [0.2, 0.25) is 11.8 Å². The molecule has 2 aliphatic carbocycles. The number of allylic oxidation sites excluding steroid dienone is 1. The first-order valence-electron chi connectivity index (χ1n) is 19.8. The van der Waals surface area contributed by atoms with Crippen LogP contribution in [0.15, 0.2) is 41.8 Å². The van der Waals surface area contributed by atoms with Crippen molar-refractivity contribution in [3.05, 3.63) is 41.8 Å². The van der Waals surface area contributed by atoms with Crippen LogP contribution in [0.3, 0.4) is 0 Å². The van der Waals surface area contributed by atoms with Gasteiger partial charge in [-0.3, -0.25) is 9.59 Å². The van der Waals surface area contributed by atoms with Crippen molar-refractivity contribution >= 4 is 51.2 Å². The molecule has 1 saturated heterocycles. The highest BCUT2D eigenvalue weighted by atomic mass is 32.1. The third-order valence-electron chi connectivity index (χ3n) is 11.1. The van der Waals surface area contributed by atoms with Crippen LogP contribution in [0, 0.1) is 5.92 Å². The second-order valence-electron chi connectivity index (χ2n) is 15.5. The number of ether oxygens (including phenoxy) is 4. The first-order chi connectivity index (χ1) is 27.1. The Bertz CT molecular complexity index is 1960. The van der Waals surface area contributed by atoms with Crippen LogP contribution in [0.2, 0.25) is 0 Å². The Morgan fingerprint density at radius 3 is 2.57 bits per heavy atom. The summed E-state index contributed by atoms with van der Waals surface area (Å²) in [6, 6.07) is 5.65. The molecule has 0 bridgehead atoms. The summed E-state index contributed by atoms with van der Waals surface area (Å²) in [5, 5.41) is 12.6. The number of fused-ring (bicyclic) bond motifs is 3. The zero-order chi connectivity index (χ0) is 39.4. The van der Waals surface area contributed by atoms with Crippen molar-refractivity contribution in [1.82, 2.24) is 25.5 Å². The molecule has 0 unspecified atom stereocenters. The summed E-state index contributed by atoms with van der Waals surface area (Å²) in [5.41, 5.74) is 0.669. The van der Waals surface area contributed by atoms with E-state index in [0.717, 1.165) is 55.5 Å². The molecule has 2 aliphatic heterocycles. The van der Waals surface area contributed by atoms with E-state index in [1.165, 1.54) is 23.3 Å². The molecule has 3 amide bonds. The van der Waals surface area contributed by atoms with Crippen LogP contribution in [0.5, 0.6) is 11.5 Å². The number of amides is 3. The number of hydrogen-bond acceptors (Lipinski definition) is 12. The maximum Gasteiger partial charge on any atom is 0.408 e. The number of methoxy groups -OCH3 is 2. The van der Waals surface area contributed by atoms with Gasteiger partial charge in [0.15, 0.2) is 5.13 Å². The van der Waals surface area contributed by atoms with Gasteiger partial charge in [-0.2, -0.15) is 0 Å². The van der Waals surface area contributed by atoms with E-state index in [-0.39, 0.29) is 31.0 Å². The van der Waals surface area contributed by atoms with Crippen LogP contribution in [-0.4, -0.2) is 95.4 Å². The van der Waals surface area contributed by atoms with Crippen molar-refractivity contribution in [3.63, 3.8) is 0 Å². The minimum absolute atomic E-state index is 0.0653.